The van der Waals surface area contributed by atoms with Crippen molar-refractivity contribution in [3.05, 3.63) is 69.3 Å². The van der Waals surface area contributed by atoms with E-state index in [9.17, 15) is 4.79 Å². The number of hydrogen-bond donors (Lipinski definition) is 0. The number of carbonyl (C=O) groups excluding carboxylic acids is 1. The zero-order valence-corrected chi connectivity index (χ0v) is 16.0. The van der Waals surface area contributed by atoms with Crippen LogP contribution < -0.4 is 4.90 Å². The van der Waals surface area contributed by atoms with Crippen LogP contribution >= 0.6 is 23.2 Å². The molecule has 0 bridgehead atoms. The topological polar surface area (TPSA) is 65.7 Å². The van der Waals surface area contributed by atoms with Crippen LogP contribution in [0.25, 0.3) is 6.08 Å². The van der Waals surface area contributed by atoms with E-state index >= 15 is 0 Å². The van der Waals surface area contributed by atoms with Crippen molar-refractivity contribution in [2.45, 2.75) is 6.42 Å². The van der Waals surface area contributed by atoms with E-state index in [4.69, 9.17) is 33.2 Å². The molecule has 2 aromatic rings. The minimum absolute atomic E-state index is 0.192. The second-order valence-electron chi connectivity index (χ2n) is 5.89. The summed E-state index contributed by atoms with van der Waals surface area (Å²) in [6.07, 6.45) is 2.12. The third-order valence-electron chi connectivity index (χ3n) is 3.98. The van der Waals surface area contributed by atoms with Crippen LogP contribution in [0.5, 0.6) is 0 Å². The average Bonchev–Trinajstić information content (AvgIpc) is 3.03. The fourth-order valence-corrected chi connectivity index (χ4v) is 2.79. The van der Waals surface area contributed by atoms with Gasteiger partial charge in [0.1, 0.15) is 0 Å². The van der Waals surface area contributed by atoms with E-state index in [0.29, 0.717) is 28.6 Å². The first-order valence-corrected chi connectivity index (χ1v) is 8.89. The summed E-state index contributed by atoms with van der Waals surface area (Å²) in [6, 6.07) is 14.6. The Morgan fingerprint density at radius 1 is 1.19 bits per heavy atom. The highest BCUT2D eigenvalue weighted by Crippen LogP contribution is 2.26. The fraction of sp³-hybridized carbons (Fsp3) is 0.150. The first-order valence-electron chi connectivity index (χ1n) is 8.14. The maximum Gasteiger partial charge on any atom is 0.363 e. The lowest BCUT2D eigenvalue weighted by Crippen LogP contribution is -2.17. The zero-order chi connectivity index (χ0) is 19.4. The van der Waals surface area contributed by atoms with Crippen molar-refractivity contribution in [2.24, 2.45) is 4.99 Å². The molecule has 0 fully saturated rings. The number of anilines is 1. The van der Waals surface area contributed by atoms with E-state index < -0.39 is 5.97 Å². The third-order valence-corrected chi connectivity index (χ3v) is 4.72. The number of esters is 1. The second-order valence-corrected chi connectivity index (χ2v) is 6.70. The number of hydrogen-bond acceptors (Lipinski definition) is 5. The second kappa shape index (κ2) is 8.26. The summed E-state index contributed by atoms with van der Waals surface area (Å²) in [5.74, 6) is -0.330. The highest BCUT2D eigenvalue weighted by atomic mass is 35.5. The molecule has 0 atom stereocenters. The van der Waals surface area contributed by atoms with E-state index in [1.54, 1.807) is 24.3 Å². The van der Waals surface area contributed by atoms with Crippen molar-refractivity contribution in [1.29, 1.82) is 5.26 Å². The van der Waals surface area contributed by atoms with Crippen LogP contribution in [0.3, 0.4) is 0 Å². The van der Waals surface area contributed by atoms with Crippen LogP contribution in [-0.2, 0) is 9.53 Å². The predicted molar refractivity (Wildman–Crippen MR) is 107 cm³/mol. The molecule has 0 N–H and O–H groups in total. The highest BCUT2D eigenvalue weighted by Gasteiger charge is 2.24. The molecule has 3 rings (SSSR count). The van der Waals surface area contributed by atoms with Gasteiger partial charge in [0.25, 0.3) is 0 Å². The van der Waals surface area contributed by atoms with Crippen LogP contribution in [-0.4, -0.2) is 25.5 Å². The van der Waals surface area contributed by atoms with Gasteiger partial charge in [-0.25, -0.2) is 9.79 Å². The Bertz CT molecular complexity index is 976. The van der Waals surface area contributed by atoms with E-state index in [1.807, 2.05) is 36.2 Å². The lowest BCUT2D eigenvalue weighted by molar-refractivity contribution is -0.129. The van der Waals surface area contributed by atoms with Gasteiger partial charge in [0.2, 0.25) is 5.90 Å². The molecule has 0 aliphatic carbocycles. The van der Waals surface area contributed by atoms with Gasteiger partial charge in [0, 0.05) is 24.8 Å². The summed E-state index contributed by atoms with van der Waals surface area (Å²) >= 11 is 11.9. The van der Waals surface area contributed by atoms with Crippen molar-refractivity contribution in [3.63, 3.8) is 0 Å². The highest BCUT2D eigenvalue weighted by molar-refractivity contribution is 6.42. The molecule has 136 valence electrons. The lowest BCUT2D eigenvalue weighted by atomic mass is 10.1. The molecule has 0 saturated heterocycles. The van der Waals surface area contributed by atoms with Crippen LogP contribution in [0.2, 0.25) is 10.0 Å². The number of nitriles is 1. The standard InChI is InChI=1S/C20H15Cl2N3O2/c1-25(10-2-9-23)15-6-3-13(4-7-15)11-18-20(26)27-19(24-18)14-5-8-16(21)17(22)12-14/h3-8,11-12H,2,10H2,1H3/b18-11+. The summed E-state index contributed by atoms with van der Waals surface area (Å²) in [5, 5.41) is 9.45. The summed E-state index contributed by atoms with van der Waals surface area (Å²) in [6.45, 7) is 0.653. The Balaban J connectivity index is 1.80. The van der Waals surface area contributed by atoms with Gasteiger partial charge >= 0.3 is 5.97 Å². The molecule has 1 heterocycles. The number of rotatable bonds is 5. The lowest BCUT2D eigenvalue weighted by Gasteiger charge is -2.17. The number of nitrogens with zero attached hydrogens (tertiary/aromatic N) is 3. The first-order chi connectivity index (χ1) is 13.0. The van der Waals surface area contributed by atoms with Crippen molar-refractivity contribution < 1.29 is 9.53 Å². The van der Waals surface area contributed by atoms with Gasteiger partial charge in [-0.3, -0.25) is 0 Å². The van der Waals surface area contributed by atoms with Gasteiger partial charge in [-0.1, -0.05) is 35.3 Å². The van der Waals surface area contributed by atoms with E-state index in [2.05, 4.69) is 11.1 Å². The van der Waals surface area contributed by atoms with Gasteiger partial charge in [0.05, 0.1) is 22.5 Å². The number of cyclic esters (lactones) is 1. The van der Waals surface area contributed by atoms with E-state index in [0.717, 1.165) is 11.3 Å². The molecule has 2 aromatic carbocycles. The largest absolute Gasteiger partial charge is 0.402 e. The molecular weight excluding hydrogens is 385 g/mol. The molecule has 0 spiro atoms. The maximum atomic E-state index is 12.1. The van der Waals surface area contributed by atoms with Gasteiger partial charge in [-0.15, -0.1) is 0 Å². The van der Waals surface area contributed by atoms with Crippen molar-refractivity contribution >= 4 is 46.8 Å². The van der Waals surface area contributed by atoms with Crippen LogP contribution in [0, 0.1) is 11.3 Å². The van der Waals surface area contributed by atoms with Crippen LogP contribution in [0.4, 0.5) is 5.69 Å². The maximum absolute atomic E-state index is 12.1. The third kappa shape index (κ3) is 4.48. The molecule has 0 saturated carbocycles. The molecule has 1 aliphatic rings. The van der Waals surface area contributed by atoms with Crippen LogP contribution in [0.1, 0.15) is 17.5 Å². The smallest absolute Gasteiger partial charge is 0.363 e. The normalized spacial score (nSPS) is 14.7. The number of aliphatic imine (C=N–C) groups is 1. The van der Waals surface area contributed by atoms with Gasteiger partial charge in [0.15, 0.2) is 5.70 Å². The number of halogens is 2. The minimum atomic E-state index is -0.522. The average molecular weight is 400 g/mol. The number of benzene rings is 2. The molecule has 0 aromatic heterocycles. The van der Waals surface area contributed by atoms with Crippen LogP contribution in [0.15, 0.2) is 53.2 Å². The molecular formula is C20H15Cl2N3O2. The summed E-state index contributed by atoms with van der Waals surface area (Å²) < 4.78 is 5.24. The summed E-state index contributed by atoms with van der Waals surface area (Å²) in [4.78, 5) is 18.4. The van der Waals surface area contributed by atoms with Gasteiger partial charge in [-0.2, -0.15) is 5.26 Å². The summed E-state index contributed by atoms with van der Waals surface area (Å²) in [5.41, 5.74) is 2.59. The quantitative estimate of drug-likeness (QED) is 0.540. The molecule has 0 unspecified atom stereocenters. The fourth-order valence-electron chi connectivity index (χ4n) is 2.49. The van der Waals surface area contributed by atoms with Crippen molar-refractivity contribution in [1.82, 2.24) is 0 Å². The Morgan fingerprint density at radius 3 is 2.59 bits per heavy atom. The molecule has 5 nitrogen and oxygen atoms in total. The number of ether oxygens (including phenoxy) is 1. The monoisotopic (exact) mass is 399 g/mol. The molecule has 27 heavy (non-hydrogen) atoms. The Labute approximate surface area is 167 Å². The number of carbonyl (C=O) groups is 1. The zero-order valence-electron chi connectivity index (χ0n) is 14.4. The van der Waals surface area contributed by atoms with Crippen molar-refractivity contribution in [2.75, 3.05) is 18.5 Å². The van der Waals surface area contributed by atoms with E-state index in [1.165, 1.54) is 0 Å². The van der Waals surface area contributed by atoms with E-state index in [-0.39, 0.29) is 11.6 Å². The Hall–Kier alpha value is -2.81. The molecule has 0 amide bonds. The SMILES string of the molecule is CN(CCC#N)c1ccc(/C=C2/N=C(c3ccc(Cl)c(Cl)c3)OC2=O)cc1. The molecule has 7 heteroatoms. The minimum Gasteiger partial charge on any atom is -0.402 e. The Kier molecular flexibility index (Phi) is 5.80. The van der Waals surface area contributed by atoms with Crippen molar-refractivity contribution in [3.8, 4) is 6.07 Å². The Morgan fingerprint density at radius 2 is 1.93 bits per heavy atom. The van der Waals surface area contributed by atoms with Gasteiger partial charge < -0.3 is 9.64 Å². The van der Waals surface area contributed by atoms with Gasteiger partial charge in [-0.05, 0) is 42.0 Å². The predicted octanol–water partition coefficient (Wildman–Crippen LogP) is 4.69. The molecule has 1 aliphatic heterocycles. The molecule has 0 radical (unpaired) electrons. The first kappa shape index (κ1) is 19.0. The summed E-state index contributed by atoms with van der Waals surface area (Å²) in [7, 11) is 1.92.